The summed E-state index contributed by atoms with van der Waals surface area (Å²) in [5.41, 5.74) is 0. The van der Waals surface area contributed by atoms with Gasteiger partial charge in [0.2, 0.25) is 0 Å². The molecule has 0 rings (SSSR count). The van der Waals surface area contributed by atoms with Gasteiger partial charge in [-0.1, -0.05) is 0 Å². The molecule has 0 aromatic rings. The van der Waals surface area contributed by atoms with Gasteiger partial charge in [0.25, 0.3) is 29.8 Å². The summed E-state index contributed by atoms with van der Waals surface area (Å²) in [5, 5.41) is 32.6. The van der Waals surface area contributed by atoms with Crippen LogP contribution in [0.15, 0.2) is 0 Å². The minimum Gasteiger partial charge on any atom is -0.551 e. The third kappa shape index (κ3) is 180. The van der Waals surface area contributed by atoms with Crippen LogP contribution in [0.2, 0.25) is 0 Å². The third-order valence-electron chi connectivity index (χ3n) is 0.787. The van der Waals surface area contributed by atoms with Crippen molar-refractivity contribution in [2.24, 2.45) is 0 Å². The first-order chi connectivity index (χ1) is 12.8. The zero-order chi connectivity index (χ0) is 24.7. The molecule has 0 spiro atoms. The summed E-state index contributed by atoms with van der Waals surface area (Å²) in [4.78, 5) is 67.1. The fraction of sp³-hybridized carbons (Fsp3) is 0.500. The van der Waals surface area contributed by atoms with Crippen molar-refractivity contribution < 1.29 is 82.4 Å². The number of carbonyl (C=O) groups is 7. The molecule has 0 fully saturated rings. The third-order valence-corrected chi connectivity index (χ3v) is 2.36. The predicted octanol–water partition coefficient (Wildman–Crippen LogP) is -3.03. The Hall–Kier alpha value is -1.40. The van der Waals surface area contributed by atoms with Crippen molar-refractivity contribution in [2.45, 2.75) is 48.5 Å². The summed E-state index contributed by atoms with van der Waals surface area (Å²) >= 11 is -2.96. The SMILES string of the molecule is CC(=O)O.CC(=O)O.CC(=O)[O-].CC(=O)[O-].CC(=O)[O][Al]([O]C(C)=O)[O]C(C)=O.[Ca+2].[Fe]. The number of carboxylic acids is 4. The number of carbonyl (C=O) groups excluding carboxylic acids is 5. The average molecular weight is 538 g/mol. The van der Waals surface area contributed by atoms with Crippen LogP contribution in [0, 0.1) is 0 Å². The Labute approximate surface area is 224 Å². The molecule has 2 N–H and O–H groups in total. The monoisotopic (exact) mass is 538 g/mol. The number of hydrogen-bond acceptors (Lipinski definition) is 12. The van der Waals surface area contributed by atoms with Gasteiger partial charge in [-0.25, -0.2) is 0 Å². The first-order valence-electron chi connectivity index (χ1n) is 7.10. The van der Waals surface area contributed by atoms with Crippen molar-refractivity contribution in [3.63, 3.8) is 0 Å². The molecule has 0 aromatic carbocycles. The van der Waals surface area contributed by atoms with E-state index in [2.05, 4.69) is 11.4 Å². The van der Waals surface area contributed by atoms with Gasteiger partial charge in [-0.15, -0.1) is 0 Å². The summed E-state index contributed by atoms with van der Waals surface area (Å²) in [5.74, 6) is -5.79. The number of rotatable bonds is 3. The normalized spacial score (nSPS) is 6.81. The van der Waals surface area contributed by atoms with Crippen LogP contribution in [0.25, 0.3) is 0 Å². The van der Waals surface area contributed by atoms with Crippen LogP contribution >= 0.6 is 0 Å². The molecule has 14 nitrogen and oxygen atoms in total. The summed E-state index contributed by atoms with van der Waals surface area (Å²) in [6, 6.07) is 0. The fourth-order valence-electron chi connectivity index (χ4n) is 0.479. The van der Waals surface area contributed by atoms with Crippen molar-refractivity contribution in [2.75, 3.05) is 0 Å². The van der Waals surface area contributed by atoms with Crippen LogP contribution in [0.5, 0.6) is 0 Å². The maximum absolute atomic E-state index is 10.4. The van der Waals surface area contributed by atoms with Crippen LogP contribution in [0.1, 0.15) is 48.5 Å². The second-order valence-electron chi connectivity index (χ2n) is 4.14. The molecular formula is C14H23AlCaFeO14. The van der Waals surface area contributed by atoms with Crippen LogP contribution in [-0.2, 0) is 62.0 Å². The van der Waals surface area contributed by atoms with E-state index >= 15 is 0 Å². The van der Waals surface area contributed by atoms with Crippen LogP contribution in [0.4, 0.5) is 0 Å². The average Bonchev–Trinajstić information content (AvgIpc) is 2.32. The van der Waals surface area contributed by atoms with E-state index in [1.807, 2.05) is 0 Å². The molecule has 0 aliphatic rings. The molecule has 0 unspecified atom stereocenters. The first kappa shape index (κ1) is 47.4. The maximum atomic E-state index is 10.4. The topological polar surface area (TPSA) is 234 Å². The van der Waals surface area contributed by atoms with Crippen molar-refractivity contribution in [1.82, 2.24) is 0 Å². The summed E-state index contributed by atoms with van der Waals surface area (Å²) in [6.45, 7) is 7.51. The molecule has 0 heterocycles. The Morgan fingerprint density at radius 2 is 0.677 bits per heavy atom. The summed E-state index contributed by atoms with van der Waals surface area (Å²) < 4.78 is 13.5. The van der Waals surface area contributed by atoms with Gasteiger partial charge >= 0.3 is 52.9 Å². The predicted molar refractivity (Wildman–Crippen MR) is 94.8 cm³/mol. The second-order valence-corrected chi connectivity index (χ2v) is 5.42. The summed E-state index contributed by atoms with van der Waals surface area (Å²) in [6.07, 6.45) is 0. The van der Waals surface area contributed by atoms with E-state index in [1.54, 1.807) is 0 Å². The van der Waals surface area contributed by atoms with E-state index in [1.165, 1.54) is 0 Å². The zero-order valence-corrected chi connectivity index (χ0v) is 22.4. The number of aliphatic carboxylic acids is 4. The molecule has 176 valence electrons. The second kappa shape index (κ2) is 33.2. The van der Waals surface area contributed by atoms with Crippen molar-refractivity contribution in [1.29, 1.82) is 0 Å². The van der Waals surface area contributed by atoms with Crippen molar-refractivity contribution in [3.05, 3.63) is 0 Å². The standard InChI is InChI=1S/7C2H4O2.Al.Ca.Fe/c7*1-2(3)4;;;/h7*1H3,(H,3,4);;;/q;;;;;;;+3;+2;/p-5. The fourth-order valence-corrected chi connectivity index (χ4v) is 1.44. The molecule has 0 radical (unpaired) electrons. The molecule has 0 saturated heterocycles. The minimum absolute atomic E-state index is 0. The molecule has 0 bridgehead atoms. The van der Waals surface area contributed by atoms with Gasteiger partial charge in [-0.2, -0.15) is 0 Å². The molecule has 0 amide bonds. The molecular weight excluding hydrogens is 515 g/mol. The molecule has 0 aliphatic heterocycles. The van der Waals surface area contributed by atoms with Crippen LogP contribution < -0.4 is 10.2 Å². The largest absolute Gasteiger partial charge is 2.00 e. The minimum atomic E-state index is -2.96. The zero-order valence-electron chi connectivity index (χ0n) is 17.9. The van der Waals surface area contributed by atoms with E-state index < -0.39 is 56.9 Å². The van der Waals surface area contributed by atoms with Gasteiger partial charge < -0.3 is 41.4 Å². The van der Waals surface area contributed by atoms with Gasteiger partial charge in [0, 0.05) is 63.6 Å². The van der Waals surface area contributed by atoms with E-state index in [-0.39, 0.29) is 54.8 Å². The maximum Gasteiger partial charge on any atom is 2.00 e. The van der Waals surface area contributed by atoms with E-state index in [0.29, 0.717) is 0 Å². The van der Waals surface area contributed by atoms with E-state index in [9.17, 15) is 14.4 Å². The van der Waals surface area contributed by atoms with Crippen LogP contribution in [-0.4, -0.2) is 105 Å². The van der Waals surface area contributed by atoms with Gasteiger partial charge in [-0.3, -0.25) is 24.0 Å². The van der Waals surface area contributed by atoms with Gasteiger partial charge in [-0.05, 0) is 13.8 Å². The molecule has 31 heavy (non-hydrogen) atoms. The van der Waals surface area contributed by atoms with Gasteiger partial charge in [0.1, 0.15) is 0 Å². The Balaban J connectivity index is -0.0000000533. The molecule has 0 atom stereocenters. The van der Waals surface area contributed by atoms with Gasteiger partial charge in [0.15, 0.2) is 0 Å². The molecule has 17 heteroatoms. The first-order valence-corrected chi connectivity index (χ1v) is 8.52. The smallest absolute Gasteiger partial charge is 0.551 e. The molecule has 0 aliphatic carbocycles. The van der Waals surface area contributed by atoms with Crippen molar-refractivity contribution in [3.8, 4) is 0 Å². The Morgan fingerprint density at radius 3 is 0.742 bits per heavy atom. The van der Waals surface area contributed by atoms with Crippen LogP contribution in [0.3, 0.4) is 0 Å². The Kier molecular flexibility index (Phi) is 50.8. The van der Waals surface area contributed by atoms with E-state index in [4.69, 9.17) is 39.6 Å². The van der Waals surface area contributed by atoms with E-state index in [0.717, 1.165) is 48.5 Å². The quantitative estimate of drug-likeness (QED) is 0.340. The number of carboxylic acid groups (broad SMARTS) is 4. The molecule has 0 saturated carbocycles. The van der Waals surface area contributed by atoms with Crippen molar-refractivity contribution >= 4 is 94.7 Å². The Morgan fingerprint density at radius 1 is 0.581 bits per heavy atom. The number of hydrogen-bond donors (Lipinski definition) is 2. The molecule has 0 aromatic heterocycles. The Bertz CT molecular complexity index is 453. The van der Waals surface area contributed by atoms with Gasteiger partial charge in [0.05, 0.1) is 0 Å². The summed E-state index contributed by atoms with van der Waals surface area (Å²) in [7, 11) is 0.